The maximum atomic E-state index is 14.9. The molecule has 118 valence electrons. The zero-order valence-electron chi connectivity index (χ0n) is 12.5. The molecular weight excluding hydrogens is 315 g/mol. The fraction of sp³-hybridized carbons (Fsp3) is 0.714. The van der Waals surface area contributed by atoms with E-state index in [4.69, 9.17) is 16.4 Å². The van der Waals surface area contributed by atoms with Crippen molar-refractivity contribution in [1.29, 1.82) is 0 Å². The van der Waals surface area contributed by atoms with Crippen LogP contribution >= 0.6 is 22.9 Å². The molecule has 0 aliphatic carbocycles. The standard InChI is InChI=1S/C14H20ClFN2O2S/c1-13(2,3)12(19)20-18-6-4-14(16,5-7-18)11-17-9-10(8-15)21-11/h9H,4-8H2,1-3H3. The molecule has 0 spiro atoms. The summed E-state index contributed by atoms with van der Waals surface area (Å²) in [5.74, 6) is 0.0517. The molecule has 1 fully saturated rings. The van der Waals surface area contributed by atoms with Crippen LogP contribution in [-0.4, -0.2) is 29.1 Å². The van der Waals surface area contributed by atoms with E-state index in [1.165, 1.54) is 11.3 Å². The van der Waals surface area contributed by atoms with E-state index in [0.717, 1.165) is 4.88 Å². The maximum absolute atomic E-state index is 14.9. The number of aromatic nitrogens is 1. The van der Waals surface area contributed by atoms with Crippen LogP contribution in [0.1, 0.15) is 43.5 Å². The van der Waals surface area contributed by atoms with Gasteiger partial charge in [0.05, 0.1) is 11.3 Å². The molecule has 0 bridgehead atoms. The highest BCUT2D eigenvalue weighted by molar-refractivity contribution is 7.11. The van der Waals surface area contributed by atoms with Crippen LogP contribution in [0.3, 0.4) is 0 Å². The van der Waals surface area contributed by atoms with Gasteiger partial charge in [0, 0.05) is 37.0 Å². The predicted octanol–water partition coefficient (Wildman–Crippen LogP) is 3.65. The molecule has 0 saturated carbocycles. The molecule has 1 aliphatic heterocycles. The van der Waals surface area contributed by atoms with E-state index >= 15 is 0 Å². The fourth-order valence-corrected chi connectivity index (χ4v) is 3.11. The first-order valence-electron chi connectivity index (χ1n) is 6.92. The summed E-state index contributed by atoms with van der Waals surface area (Å²) in [6, 6.07) is 0. The maximum Gasteiger partial charge on any atom is 0.330 e. The highest BCUT2D eigenvalue weighted by atomic mass is 35.5. The molecule has 0 radical (unpaired) electrons. The van der Waals surface area contributed by atoms with Gasteiger partial charge in [0.25, 0.3) is 0 Å². The zero-order chi connectivity index (χ0) is 15.7. The van der Waals surface area contributed by atoms with E-state index in [1.54, 1.807) is 32.0 Å². The number of hydrogen-bond acceptors (Lipinski definition) is 5. The Balaban J connectivity index is 1.94. The molecule has 21 heavy (non-hydrogen) atoms. The molecule has 1 aromatic heterocycles. The number of carbonyl (C=O) groups is 1. The summed E-state index contributed by atoms with van der Waals surface area (Å²) < 4.78 is 14.9. The lowest BCUT2D eigenvalue weighted by molar-refractivity contribution is -0.210. The molecule has 1 aliphatic rings. The fourth-order valence-electron chi connectivity index (χ4n) is 1.98. The van der Waals surface area contributed by atoms with Gasteiger partial charge in [-0.2, -0.15) is 0 Å². The summed E-state index contributed by atoms with van der Waals surface area (Å²) in [5, 5.41) is 2.02. The van der Waals surface area contributed by atoms with E-state index in [9.17, 15) is 9.18 Å². The van der Waals surface area contributed by atoms with E-state index in [2.05, 4.69) is 4.98 Å². The quantitative estimate of drug-likeness (QED) is 0.791. The number of nitrogens with zero attached hydrogens (tertiary/aromatic N) is 2. The minimum absolute atomic E-state index is 0.264. The smallest absolute Gasteiger partial charge is 0.330 e. The predicted molar refractivity (Wildman–Crippen MR) is 80.8 cm³/mol. The average molecular weight is 335 g/mol. The molecule has 1 aromatic rings. The minimum Gasteiger partial charge on any atom is -0.367 e. The van der Waals surface area contributed by atoms with Gasteiger partial charge in [0.2, 0.25) is 0 Å². The summed E-state index contributed by atoms with van der Waals surface area (Å²) in [6.07, 6.45) is 2.15. The van der Waals surface area contributed by atoms with Gasteiger partial charge in [-0.3, -0.25) is 0 Å². The summed E-state index contributed by atoms with van der Waals surface area (Å²) in [5.41, 5.74) is -2.01. The van der Waals surface area contributed by atoms with Gasteiger partial charge >= 0.3 is 5.97 Å². The molecule has 0 N–H and O–H groups in total. The third-order valence-electron chi connectivity index (χ3n) is 3.41. The Hall–Kier alpha value is -0.720. The first kappa shape index (κ1) is 16.6. The molecule has 2 heterocycles. The van der Waals surface area contributed by atoms with Crippen LogP contribution in [0.2, 0.25) is 0 Å². The summed E-state index contributed by atoms with van der Waals surface area (Å²) in [7, 11) is 0. The number of carbonyl (C=O) groups excluding carboxylic acids is 1. The van der Waals surface area contributed by atoms with Crippen LogP contribution in [0.5, 0.6) is 0 Å². The van der Waals surface area contributed by atoms with Crippen molar-refractivity contribution in [1.82, 2.24) is 10.0 Å². The number of hydrogen-bond donors (Lipinski definition) is 0. The monoisotopic (exact) mass is 334 g/mol. The lowest BCUT2D eigenvalue weighted by Crippen LogP contribution is -2.43. The lowest BCUT2D eigenvalue weighted by Gasteiger charge is -2.34. The van der Waals surface area contributed by atoms with Crippen molar-refractivity contribution in [3.63, 3.8) is 0 Å². The van der Waals surface area contributed by atoms with Crippen LogP contribution < -0.4 is 0 Å². The molecule has 0 aromatic carbocycles. The summed E-state index contributed by atoms with van der Waals surface area (Å²) >= 11 is 7.04. The van der Waals surface area contributed by atoms with E-state index in [-0.39, 0.29) is 18.8 Å². The number of halogens is 2. The minimum atomic E-state index is -1.44. The summed E-state index contributed by atoms with van der Waals surface area (Å²) in [6.45, 7) is 6.12. The van der Waals surface area contributed by atoms with Gasteiger partial charge in [-0.05, 0) is 20.8 Å². The van der Waals surface area contributed by atoms with Crippen LogP contribution in [0, 0.1) is 5.41 Å². The van der Waals surface area contributed by atoms with Crippen molar-refractivity contribution < 1.29 is 14.0 Å². The molecule has 4 nitrogen and oxygen atoms in total. The Labute approximate surface area is 133 Å². The van der Waals surface area contributed by atoms with Gasteiger partial charge in [0.15, 0.2) is 5.67 Å². The molecule has 0 amide bonds. The second-order valence-electron chi connectivity index (χ2n) is 6.29. The molecule has 0 unspecified atom stereocenters. The van der Waals surface area contributed by atoms with Crippen LogP contribution in [-0.2, 0) is 21.2 Å². The van der Waals surface area contributed by atoms with Crippen molar-refractivity contribution in [3.05, 3.63) is 16.1 Å². The molecule has 2 rings (SSSR count). The van der Waals surface area contributed by atoms with Crippen LogP contribution in [0.25, 0.3) is 0 Å². The highest BCUT2D eigenvalue weighted by Gasteiger charge is 2.40. The second kappa shape index (κ2) is 6.18. The Morgan fingerprint density at radius 1 is 1.52 bits per heavy atom. The van der Waals surface area contributed by atoms with Crippen molar-refractivity contribution in [2.45, 2.75) is 45.2 Å². The van der Waals surface area contributed by atoms with Crippen LogP contribution in [0.4, 0.5) is 4.39 Å². The molecular formula is C14H20ClFN2O2S. The second-order valence-corrected chi connectivity index (χ2v) is 7.67. The molecule has 7 heteroatoms. The Morgan fingerprint density at radius 2 is 2.14 bits per heavy atom. The Kier molecular flexibility index (Phi) is 4.90. The number of rotatable bonds is 3. The van der Waals surface area contributed by atoms with Gasteiger partial charge < -0.3 is 4.84 Å². The first-order valence-corrected chi connectivity index (χ1v) is 8.27. The normalized spacial score (nSPS) is 19.5. The Morgan fingerprint density at radius 3 is 2.62 bits per heavy atom. The van der Waals surface area contributed by atoms with Crippen molar-refractivity contribution in [2.75, 3.05) is 13.1 Å². The number of alkyl halides is 2. The van der Waals surface area contributed by atoms with Crippen molar-refractivity contribution in [2.24, 2.45) is 5.41 Å². The topological polar surface area (TPSA) is 42.4 Å². The largest absolute Gasteiger partial charge is 0.367 e. The number of thiazole rings is 1. The van der Waals surface area contributed by atoms with Gasteiger partial charge in [0.1, 0.15) is 5.01 Å². The van der Waals surface area contributed by atoms with Crippen molar-refractivity contribution in [3.8, 4) is 0 Å². The third-order valence-corrected chi connectivity index (χ3v) is 5.03. The van der Waals surface area contributed by atoms with E-state index in [1.807, 2.05) is 0 Å². The zero-order valence-corrected chi connectivity index (χ0v) is 14.1. The lowest BCUT2D eigenvalue weighted by atomic mass is 9.95. The molecule has 1 saturated heterocycles. The average Bonchev–Trinajstić information content (AvgIpc) is 2.90. The number of piperidine rings is 1. The van der Waals surface area contributed by atoms with Crippen LogP contribution in [0.15, 0.2) is 6.20 Å². The van der Waals surface area contributed by atoms with Gasteiger partial charge in [-0.15, -0.1) is 28.0 Å². The Bertz CT molecular complexity index is 507. The van der Waals surface area contributed by atoms with Gasteiger partial charge in [-0.25, -0.2) is 14.2 Å². The summed E-state index contributed by atoms with van der Waals surface area (Å²) in [4.78, 5) is 22.1. The van der Waals surface area contributed by atoms with Gasteiger partial charge in [-0.1, -0.05) is 0 Å². The first-order chi connectivity index (χ1) is 9.74. The number of hydroxylamine groups is 2. The highest BCUT2D eigenvalue weighted by Crippen LogP contribution is 2.39. The van der Waals surface area contributed by atoms with Crippen molar-refractivity contribution >= 4 is 28.9 Å². The van der Waals surface area contributed by atoms with E-state index < -0.39 is 11.1 Å². The SMILES string of the molecule is CC(C)(C)C(=O)ON1CCC(F)(c2ncc(CCl)s2)CC1. The molecule has 0 atom stereocenters. The third kappa shape index (κ3) is 3.93. The van der Waals surface area contributed by atoms with E-state index in [0.29, 0.717) is 24.0 Å².